The van der Waals surface area contributed by atoms with Gasteiger partial charge in [-0.05, 0) is 6.42 Å². The van der Waals surface area contributed by atoms with E-state index in [4.69, 9.17) is 5.53 Å². The molecule has 0 aliphatic rings. The molecule has 0 aliphatic heterocycles. The minimum absolute atomic E-state index is 0.961. The summed E-state index contributed by atoms with van der Waals surface area (Å²) in [6.07, 6.45) is 4.26. The molecule has 0 atom stereocenters. The van der Waals surface area contributed by atoms with E-state index in [1.807, 2.05) is 13.0 Å². The number of nitrogens with zero attached hydrogens (tertiary/aromatic N) is 1. The third-order valence-corrected chi connectivity index (χ3v) is 0.416. The zero-order chi connectivity index (χ0) is 4.83. The Morgan fingerprint density at radius 1 is 1.83 bits per heavy atom. The average molecular weight is 84.1 g/mol. The van der Waals surface area contributed by atoms with Crippen LogP contribution in [0.4, 0.5) is 0 Å². The summed E-state index contributed by atoms with van der Waals surface area (Å²) in [4.78, 5) is 0. The zero-order valence-electron chi connectivity index (χ0n) is 3.81. The Balaban J connectivity index is 2.94. The van der Waals surface area contributed by atoms with Crippen LogP contribution in [0.1, 0.15) is 13.3 Å². The second-order valence-corrected chi connectivity index (χ2v) is 0.922. The van der Waals surface area contributed by atoms with Crippen molar-refractivity contribution in [3.05, 3.63) is 12.3 Å². The van der Waals surface area contributed by atoms with E-state index in [-0.39, 0.29) is 0 Å². The predicted molar refractivity (Wildman–Crippen MR) is 24.6 cm³/mol. The number of nitrogens with one attached hydrogen (secondary N) is 1. The normalized spacial score (nSPS) is 9.50. The summed E-state index contributed by atoms with van der Waals surface area (Å²) in [7, 11) is 0. The third-order valence-electron chi connectivity index (χ3n) is 0.416. The molecule has 0 saturated heterocycles. The highest BCUT2D eigenvalue weighted by Gasteiger charge is 1.56. The molecular weight excluding hydrogens is 76.1 g/mol. The number of hydrogen-bond donors (Lipinski definition) is 1. The van der Waals surface area contributed by atoms with E-state index in [9.17, 15) is 0 Å². The molecular formula is C4H8N2. The van der Waals surface area contributed by atoms with E-state index < -0.39 is 0 Å². The molecule has 6 heavy (non-hydrogen) atoms. The van der Waals surface area contributed by atoms with Crippen molar-refractivity contribution in [3.63, 3.8) is 0 Å². The van der Waals surface area contributed by atoms with Crippen LogP contribution in [0.15, 0.2) is 17.4 Å². The first-order chi connectivity index (χ1) is 2.91. The van der Waals surface area contributed by atoms with Gasteiger partial charge in [0, 0.05) is 6.20 Å². The van der Waals surface area contributed by atoms with Crippen LogP contribution >= 0.6 is 0 Å². The second kappa shape index (κ2) is 4.34. The molecule has 0 fully saturated rings. The van der Waals surface area contributed by atoms with Crippen LogP contribution in [-0.2, 0) is 0 Å². The first-order valence-electron chi connectivity index (χ1n) is 1.93. The van der Waals surface area contributed by atoms with E-state index in [0.717, 1.165) is 6.42 Å². The van der Waals surface area contributed by atoms with E-state index in [2.05, 4.69) is 5.11 Å². The molecule has 0 amide bonds. The van der Waals surface area contributed by atoms with Gasteiger partial charge in [0.2, 0.25) is 0 Å². The van der Waals surface area contributed by atoms with Crippen LogP contribution in [0.2, 0.25) is 0 Å². The summed E-state index contributed by atoms with van der Waals surface area (Å²) >= 11 is 0. The summed E-state index contributed by atoms with van der Waals surface area (Å²) in [5.41, 5.74) is 6.24. The van der Waals surface area contributed by atoms with Gasteiger partial charge >= 0.3 is 0 Å². The molecule has 0 unspecified atom stereocenters. The molecule has 0 spiro atoms. The van der Waals surface area contributed by atoms with Crippen LogP contribution in [0.25, 0.3) is 0 Å². The predicted octanol–water partition coefficient (Wildman–Crippen LogP) is 1.94. The highest BCUT2D eigenvalue weighted by molar-refractivity contribution is 4.74. The van der Waals surface area contributed by atoms with Crippen LogP contribution in [0.3, 0.4) is 0 Å². The minimum atomic E-state index is 0.961. The number of allylic oxidation sites excluding steroid dienone is 1. The Hall–Kier alpha value is -0.660. The summed E-state index contributed by atoms with van der Waals surface area (Å²) in [5.74, 6) is 0. The quantitative estimate of drug-likeness (QED) is 0.496. The minimum Gasteiger partial charge on any atom is -0.205 e. The second-order valence-electron chi connectivity index (χ2n) is 0.922. The lowest BCUT2D eigenvalue weighted by molar-refractivity contribution is 1.11. The van der Waals surface area contributed by atoms with Gasteiger partial charge in [0.25, 0.3) is 0 Å². The molecule has 0 aromatic rings. The smallest absolute Gasteiger partial charge is 0.0448 e. The Bertz CT molecular complexity index is 56.6. The molecule has 2 heteroatoms. The average Bonchev–Trinajstić information content (AvgIpc) is 1.61. The van der Waals surface area contributed by atoms with E-state index in [1.165, 1.54) is 6.20 Å². The Morgan fingerprint density at radius 3 is 2.67 bits per heavy atom. The third kappa shape index (κ3) is 3.34. The molecule has 0 saturated carbocycles. The molecule has 0 aliphatic carbocycles. The van der Waals surface area contributed by atoms with Gasteiger partial charge in [-0.1, -0.05) is 13.0 Å². The molecule has 0 radical (unpaired) electrons. The van der Waals surface area contributed by atoms with E-state index in [1.54, 1.807) is 0 Å². The zero-order valence-corrected chi connectivity index (χ0v) is 3.81. The van der Waals surface area contributed by atoms with Crippen LogP contribution in [-0.4, -0.2) is 0 Å². The number of hydrogen-bond acceptors (Lipinski definition) is 2. The van der Waals surface area contributed by atoms with E-state index in [0.29, 0.717) is 0 Å². The van der Waals surface area contributed by atoms with Gasteiger partial charge in [0.1, 0.15) is 0 Å². The number of rotatable bonds is 2. The SMILES string of the molecule is CCC=CN=N. The van der Waals surface area contributed by atoms with Crippen molar-refractivity contribution in [2.75, 3.05) is 0 Å². The first-order valence-corrected chi connectivity index (χ1v) is 1.93. The topological polar surface area (TPSA) is 36.2 Å². The van der Waals surface area contributed by atoms with Gasteiger partial charge in [0.05, 0.1) is 0 Å². The molecule has 0 heterocycles. The lowest BCUT2D eigenvalue weighted by Gasteiger charge is -1.66. The molecule has 1 N–H and O–H groups in total. The van der Waals surface area contributed by atoms with Gasteiger partial charge < -0.3 is 0 Å². The largest absolute Gasteiger partial charge is 0.205 e. The Labute approximate surface area is 37.4 Å². The van der Waals surface area contributed by atoms with E-state index >= 15 is 0 Å². The van der Waals surface area contributed by atoms with Gasteiger partial charge in [-0.2, -0.15) is 5.11 Å². The monoisotopic (exact) mass is 84.1 g/mol. The molecule has 0 aromatic carbocycles. The van der Waals surface area contributed by atoms with Crippen LogP contribution in [0, 0.1) is 5.53 Å². The molecule has 2 nitrogen and oxygen atoms in total. The van der Waals surface area contributed by atoms with Gasteiger partial charge in [-0.25, -0.2) is 5.53 Å². The van der Waals surface area contributed by atoms with Crippen molar-refractivity contribution in [1.29, 1.82) is 5.53 Å². The van der Waals surface area contributed by atoms with Crippen molar-refractivity contribution in [2.45, 2.75) is 13.3 Å². The van der Waals surface area contributed by atoms with Gasteiger partial charge in [-0.15, -0.1) is 0 Å². The van der Waals surface area contributed by atoms with Crippen molar-refractivity contribution < 1.29 is 0 Å². The first kappa shape index (κ1) is 5.34. The maximum absolute atomic E-state index is 6.24. The summed E-state index contributed by atoms with van der Waals surface area (Å²) < 4.78 is 0. The fraction of sp³-hybridized carbons (Fsp3) is 0.500. The van der Waals surface area contributed by atoms with Crippen molar-refractivity contribution in [2.24, 2.45) is 5.11 Å². The Morgan fingerprint density at radius 2 is 2.50 bits per heavy atom. The molecule has 0 aromatic heterocycles. The molecule has 0 bridgehead atoms. The fourth-order valence-electron chi connectivity index (χ4n) is 0.158. The van der Waals surface area contributed by atoms with Crippen molar-refractivity contribution in [1.82, 2.24) is 0 Å². The summed E-state index contributed by atoms with van der Waals surface area (Å²) in [5, 5.41) is 2.99. The molecule has 34 valence electrons. The fourth-order valence-corrected chi connectivity index (χ4v) is 0.158. The lowest BCUT2D eigenvalue weighted by atomic mass is 10.5. The van der Waals surface area contributed by atoms with Crippen LogP contribution in [0.5, 0.6) is 0 Å². The highest BCUT2D eigenvalue weighted by Crippen LogP contribution is 1.76. The Kier molecular flexibility index (Phi) is 3.86. The summed E-state index contributed by atoms with van der Waals surface area (Å²) in [6, 6.07) is 0. The lowest BCUT2D eigenvalue weighted by Crippen LogP contribution is -1.46. The summed E-state index contributed by atoms with van der Waals surface area (Å²) in [6.45, 7) is 2.00. The van der Waals surface area contributed by atoms with Gasteiger partial charge in [0.15, 0.2) is 0 Å². The van der Waals surface area contributed by atoms with Crippen molar-refractivity contribution in [3.8, 4) is 0 Å². The van der Waals surface area contributed by atoms with Crippen molar-refractivity contribution >= 4 is 0 Å². The molecule has 0 rings (SSSR count). The maximum Gasteiger partial charge on any atom is 0.0448 e. The van der Waals surface area contributed by atoms with Gasteiger partial charge in [-0.3, -0.25) is 0 Å². The van der Waals surface area contributed by atoms with Crippen LogP contribution < -0.4 is 0 Å². The standard InChI is InChI=1S/C4H8N2/c1-2-3-4-6-5/h3-5H,2H2,1H3. The maximum atomic E-state index is 6.24. The highest BCUT2D eigenvalue weighted by atomic mass is 14.9.